The maximum Gasteiger partial charge on any atom is 0.252 e. The van der Waals surface area contributed by atoms with Crippen LogP contribution >= 0.6 is 22.9 Å². The van der Waals surface area contributed by atoms with Crippen LogP contribution in [0.5, 0.6) is 0 Å². The third kappa shape index (κ3) is 3.43. The topological polar surface area (TPSA) is 72.2 Å². The molecule has 2 unspecified atom stereocenters. The number of hydrogen-bond donors (Lipinski definition) is 2. The molecule has 1 heterocycles. The first-order valence-corrected chi connectivity index (χ1v) is 10.2. The molecule has 142 valence electrons. The van der Waals surface area contributed by atoms with Crippen LogP contribution in [0.25, 0.3) is 11.1 Å². The molecule has 2 atom stereocenters. The molecule has 1 aromatic heterocycles. The van der Waals surface area contributed by atoms with Crippen molar-refractivity contribution in [2.75, 3.05) is 5.32 Å². The zero-order valence-corrected chi connectivity index (χ0v) is 16.8. The van der Waals surface area contributed by atoms with E-state index in [1.165, 1.54) is 11.3 Å². The van der Waals surface area contributed by atoms with Gasteiger partial charge in [0.1, 0.15) is 5.00 Å². The molecule has 6 heteroatoms. The lowest BCUT2D eigenvalue weighted by atomic mass is 10.0. The summed E-state index contributed by atoms with van der Waals surface area (Å²) in [6, 6.07) is 17.2. The predicted octanol–water partition coefficient (Wildman–Crippen LogP) is 5.22. The number of nitrogens with one attached hydrogen (secondary N) is 1. The molecule has 1 saturated carbocycles. The Morgan fingerprint density at radius 1 is 1.11 bits per heavy atom. The van der Waals surface area contributed by atoms with Gasteiger partial charge in [-0.3, -0.25) is 9.59 Å². The number of nitrogens with two attached hydrogens (primary N) is 1. The van der Waals surface area contributed by atoms with Crippen LogP contribution in [0.2, 0.25) is 5.02 Å². The van der Waals surface area contributed by atoms with Crippen LogP contribution in [0.4, 0.5) is 5.00 Å². The second kappa shape index (κ2) is 7.41. The van der Waals surface area contributed by atoms with Crippen LogP contribution in [-0.2, 0) is 4.79 Å². The van der Waals surface area contributed by atoms with E-state index in [2.05, 4.69) is 5.32 Å². The highest BCUT2D eigenvalue weighted by molar-refractivity contribution is 7.17. The number of primary amides is 1. The van der Waals surface area contributed by atoms with Crippen molar-refractivity contribution in [1.29, 1.82) is 0 Å². The van der Waals surface area contributed by atoms with Gasteiger partial charge in [-0.2, -0.15) is 0 Å². The number of halogens is 1. The number of carbonyl (C=O) groups excluding carboxylic acids is 2. The van der Waals surface area contributed by atoms with Gasteiger partial charge in [0, 0.05) is 21.4 Å². The number of hydrogen-bond acceptors (Lipinski definition) is 3. The molecule has 0 aliphatic heterocycles. The van der Waals surface area contributed by atoms with Crippen LogP contribution in [0.1, 0.15) is 33.1 Å². The first-order chi connectivity index (χ1) is 13.5. The molecule has 4 nitrogen and oxygen atoms in total. The quantitative estimate of drug-likeness (QED) is 0.605. The van der Waals surface area contributed by atoms with E-state index in [0.717, 1.165) is 28.0 Å². The summed E-state index contributed by atoms with van der Waals surface area (Å²) in [6.07, 6.45) is 0.747. The molecular formula is C22H19ClN2O2S. The molecular weight excluding hydrogens is 392 g/mol. The molecule has 2 aromatic carbocycles. The monoisotopic (exact) mass is 410 g/mol. The van der Waals surface area contributed by atoms with Gasteiger partial charge >= 0.3 is 0 Å². The molecule has 3 aromatic rings. The van der Waals surface area contributed by atoms with E-state index in [1.54, 1.807) is 0 Å². The number of amides is 2. The van der Waals surface area contributed by atoms with Crippen molar-refractivity contribution >= 4 is 39.8 Å². The van der Waals surface area contributed by atoms with Crippen molar-refractivity contribution in [2.45, 2.75) is 19.3 Å². The zero-order chi connectivity index (χ0) is 19.8. The van der Waals surface area contributed by atoms with Gasteiger partial charge in [0.05, 0.1) is 5.56 Å². The number of thiophene rings is 1. The summed E-state index contributed by atoms with van der Waals surface area (Å²) in [5.41, 5.74) is 8.73. The minimum absolute atomic E-state index is 0.103. The highest BCUT2D eigenvalue weighted by Gasteiger charge is 2.45. The van der Waals surface area contributed by atoms with Crippen LogP contribution in [0.15, 0.2) is 54.6 Å². The Kier molecular flexibility index (Phi) is 4.96. The van der Waals surface area contributed by atoms with Gasteiger partial charge in [-0.15, -0.1) is 11.3 Å². The third-order valence-electron chi connectivity index (χ3n) is 5.06. The predicted molar refractivity (Wildman–Crippen MR) is 114 cm³/mol. The summed E-state index contributed by atoms with van der Waals surface area (Å²) in [4.78, 5) is 25.9. The summed E-state index contributed by atoms with van der Waals surface area (Å²) in [6.45, 7) is 1.93. The van der Waals surface area contributed by atoms with Gasteiger partial charge in [0.15, 0.2) is 0 Å². The summed E-state index contributed by atoms with van der Waals surface area (Å²) >= 11 is 7.64. The Bertz CT molecular complexity index is 1060. The average molecular weight is 411 g/mol. The van der Waals surface area contributed by atoms with Crippen molar-refractivity contribution in [1.82, 2.24) is 0 Å². The fourth-order valence-electron chi connectivity index (χ4n) is 3.63. The Morgan fingerprint density at radius 2 is 1.79 bits per heavy atom. The molecule has 1 fully saturated rings. The summed E-state index contributed by atoms with van der Waals surface area (Å²) in [5.74, 6) is -0.686. The first kappa shape index (κ1) is 18.7. The van der Waals surface area contributed by atoms with Crippen LogP contribution in [-0.4, -0.2) is 11.8 Å². The molecule has 2 amide bonds. The second-order valence-electron chi connectivity index (χ2n) is 6.93. The van der Waals surface area contributed by atoms with E-state index in [1.807, 2.05) is 61.5 Å². The third-order valence-corrected chi connectivity index (χ3v) is 6.43. The lowest BCUT2D eigenvalue weighted by Gasteiger charge is -2.07. The van der Waals surface area contributed by atoms with E-state index in [9.17, 15) is 9.59 Å². The summed E-state index contributed by atoms with van der Waals surface area (Å²) in [7, 11) is 0. The van der Waals surface area contributed by atoms with E-state index in [4.69, 9.17) is 17.3 Å². The Balaban J connectivity index is 1.60. The second-order valence-corrected chi connectivity index (χ2v) is 8.56. The highest BCUT2D eigenvalue weighted by Crippen LogP contribution is 2.50. The SMILES string of the molecule is Cc1sc(NC(=O)C2CC2c2ccccc2Cl)c(C(N)=O)c1-c1ccccc1. The van der Waals surface area contributed by atoms with Crippen molar-refractivity contribution < 1.29 is 9.59 Å². The van der Waals surface area contributed by atoms with Crippen LogP contribution in [0, 0.1) is 12.8 Å². The van der Waals surface area contributed by atoms with Crippen molar-refractivity contribution in [2.24, 2.45) is 11.7 Å². The maximum atomic E-state index is 12.8. The molecule has 28 heavy (non-hydrogen) atoms. The number of rotatable bonds is 5. The lowest BCUT2D eigenvalue weighted by Crippen LogP contribution is -2.18. The first-order valence-electron chi connectivity index (χ1n) is 9.01. The van der Waals surface area contributed by atoms with E-state index in [-0.39, 0.29) is 17.7 Å². The van der Waals surface area contributed by atoms with Gasteiger partial charge in [-0.1, -0.05) is 60.1 Å². The molecule has 1 aliphatic carbocycles. The molecule has 0 radical (unpaired) electrons. The minimum atomic E-state index is -0.544. The highest BCUT2D eigenvalue weighted by atomic mass is 35.5. The van der Waals surface area contributed by atoms with E-state index in [0.29, 0.717) is 15.6 Å². The van der Waals surface area contributed by atoms with E-state index < -0.39 is 5.91 Å². The molecule has 0 saturated heterocycles. The minimum Gasteiger partial charge on any atom is -0.365 e. The number of aryl methyl sites for hydroxylation is 1. The molecule has 3 N–H and O–H groups in total. The van der Waals surface area contributed by atoms with Crippen LogP contribution < -0.4 is 11.1 Å². The van der Waals surface area contributed by atoms with Gasteiger partial charge in [-0.05, 0) is 36.5 Å². The van der Waals surface area contributed by atoms with Gasteiger partial charge in [-0.25, -0.2) is 0 Å². The van der Waals surface area contributed by atoms with Gasteiger partial charge in [0.2, 0.25) is 5.91 Å². The van der Waals surface area contributed by atoms with Crippen molar-refractivity contribution in [3.05, 3.63) is 75.6 Å². The van der Waals surface area contributed by atoms with Gasteiger partial charge < -0.3 is 11.1 Å². The average Bonchev–Trinajstić information content (AvgIpc) is 3.40. The normalized spacial score (nSPS) is 17.9. The molecule has 4 rings (SSSR count). The Morgan fingerprint density at radius 3 is 2.46 bits per heavy atom. The number of benzene rings is 2. The fraction of sp³-hybridized carbons (Fsp3) is 0.182. The summed E-state index contributed by atoms with van der Waals surface area (Å²) < 4.78 is 0. The van der Waals surface area contributed by atoms with Crippen LogP contribution in [0.3, 0.4) is 0 Å². The maximum absolute atomic E-state index is 12.8. The molecule has 0 spiro atoms. The summed E-state index contributed by atoms with van der Waals surface area (Å²) in [5, 5.41) is 4.13. The Hall–Kier alpha value is -2.63. The number of carbonyl (C=O) groups is 2. The number of anilines is 1. The lowest BCUT2D eigenvalue weighted by molar-refractivity contribution is -0.117. The standard InChI is InChI=1S/C22H19ClN2O2S/c1-12-18(13-7-3-2-4-8-13)19(20(24)26)22(28-12)25-21(27)16-11-15(16)14-9-5-6-10-17(14)23/h2-10,15-16H,11H2,1H3,(H2,24,26)(H,25,27). The molecule has 1 aliphatic rings. The zero-order valence-electron chi connectivity index (χ0n) is 15.2. The fourth-order valence-corrected chi connectivity index (χ4v) is 4.99. The largest absolute Gasteiger partial charge is 0.365 e. The molecule has 0 bridgehead atoms. The van der Waals surface area contributed by atoms with Crippen molar-refractivity contribution in [3.8, 4) is 11.1 Å². The van der Waals surface area contributed by atoms with Gasteiger partial charge in [0.25, 0.3) is 5.91 Å². The smallest absolute Gasteiger partial charge is 0.252 e. The van der Waals surface area contributed by atoms with E-state index >= 15 is 0 Å². The Labute approximate surface area is 172 Å². The van der Waals surface area contributed by atoms with Crippen molar-refractivity contribution in [3.63, 3.8) is 0 Å².